The summed E-state index contributed by atoms with van der Waals surface area (Å²) in [5, 5.41) is 0. The van der Waals surface area contributed by atoms with Crippen LogP contribution in [-0.4, -0.2) is 44.2 Å². The zero-order valence-electron chi connectivity index (χ0n) is 12.5. The summed E-state index contributed by atoms with van der Waals surface area (Å²) in [5.74, 6) is 0. The molecule has 0 radical (unpaired) electrons. The molecule has 1 aromatic carbocycles. The lowest BCUT2D eigenvalue weighted by Gasteiger charge is -2.38. The number of benzene rings is 1. The highest BCUT2D eigenvalue weighted by Gasteiger charge is 2.22. The molecule has 3 nitrogen and oxygen atoms in total. The van der Waals surface area contributed by atoms with Crippen LogP contribution in [0.2, 0.25) is 0 Å². The minimum absolute atomic E-state index is 0.662. The van der Waals surface area contributed by atoms with Crippen molar-refractivity contribution < 1.29 is 0 Å². The molecule has 0 aromatic heterocycles. The molecule has 2 rings (SSSR count). The molecule has 19 heavy (non-hydrogen) atoms. The molecule has 1 aliphatic rings. The lowest BCUT2D eigenvalue weighted by molar-refractivity contribution is 0.216. The summed E-state index contributed by atoms with van der Waals surface area (Å²) >= 11 is 0. The molecule has 0 atom stereocenters. The Kier molecular flexibility index (Phi) is 4.83. The fourth-order valence-electron chi connectivity index (χ4n) is 3.01. The molecule has 3 heteroatoms. The number of hydrogen-bond donors (Lipinski definition) is 1. The Morgan fingerprint density at radius 1 is 1.26 bits per heavy atom. The van der Waals surface area contributed by atoms with Crippen molar-refractivity contribution in [2.75, 3.05) is 38.1 Å². The Hall–Kier alpha value is -1.06. The van der Waals surface area contributed by atoms with Gasteiger partial charge in [-0.3, -0.25) is 0 Å². The summed E-state index contributed by atoms with van der Waals surface area (Å²) in [7, 11) is 2.24. The van der Waals surface area contributed by atoms with Crippen LogP contribution in [0.5, 0.6) is 0 Å². The largest absolute Gasteiger partial charge is 0.371 e. The maximum atomic E-state index is 5.63. The van der Waals surface area contributed by atoms with Crippen LogP contribution in [0.3, 0.4) is 0 Å². The average molecular weight is 261 g/mol. The van der Waals surface area contributed by atoms with Gasteiger partial charge < -0.3 is 15.5 Å². The Morgan fingerprint density at radius 3 is 2.58 bits per heavy atom. The third kappa shape index (κ3) is 3.48. The van der Waals surface area contributed by atoms with Crippen LogP contribution in [0.15, 0.2) is 18.2 Å². The molecule has 2 N–H and O–H groups in total. The number of rotatable bonds is 4. The maximum absolute atomic E-state index is 5.63. The van der Waals surface area contributed by atoms with Gasteiger partial charge in [-0.05, 0) is 43.9 Å². The molecule has 0 bridgehead atoms. The molecule has 106 valence electrons. The Morgan fingerprint density at radius 2 is 1.95 bits per heavy atom. The highest BCUT2D eigenvalue weighted by molar-refractivity contribution is 5.55. The van der Waals surface area contributed by atoms with Crippen molar-refractivity contribution in [2.45, 2.75) is 32.7 Å². The van der Waals surface area contributed by atoms with Gasteiger partial charge in [-0.1, -0.05) is 12.1 Å². The van der Waals surface area contributed by atoms with E-state index in [1.54, 1.807) is 0 Å². The zero-order chi connectivity index (χ0) is 13.8. The van der Waals surface area contributed by atoms with Crippen LogP contribution < -0.4 is 10.6 Å². The van der Waals surface area contributed by atoms with E-state index < -0.39 is 0 Å². The second kappa shape index (κ2) is 6.40. The van der Waals surface area contributed by atoms with Gasteiger partial charge in [0.1, 0.15) is 0 Å². The number of aryl methyl sites for hydroxylation is 2. The van der Waals surface area contributed by atoms with Crippen molar-refractivity contribution in [2.24, 2.45) is 5.73 Å². The quantitative estimate of drug-likeness (QED) is 0.901. The number of nitrogens with two attached hydrogens (primary N) is 1. The monoisotopic (exact) mass is 261 g/mol. The van der Waals surface area contributed by atoms with Crippen LogP contribution in [0, 0.1) is 13.8 Å². The minimum Gasteiger partial charge on any atom is -0.371 e. The molecule has 0 amide bonds. The van der Waals surface area contributed by atoms with Gasteiger partial charge in [-0.15, -0.1) is 0 Å². The Bertz CT molecular complexity index is 408. The Balaban J connectivity index is 2.01. The van der Waals surface area contributed by atoms with Crippen molar-refractivity contribution in [3.63, 3.8) is 0 Å². The number of likely N-dealkylation sites (tertiary alicyclic amines) is 1. The van der Waals surface area contributed by atoms with Crippen LogP contribution >= 0.6 is 0 Å². The van der Waals surface area contributed by atoms with E-state index in [0.29, 0.717) is 6.04 Å². The normalized spacial score (nSPS) is 17.7. The number of nitrogens with zero attached hydrogens (tertiary/aromatic N) is 2. The van der Waals surface area contributed by atoms with Gasteiger partial charge in [0.15, 0.2) is 0 Å². The number of anilines is 1. The number of piperidine rings is 1. The van der Waals surface area contributed by atoms with Crippen molar-refractivity contribution in [3.8, 4) is 0 Å². The first-order valence-electron chi connectivity index (χ1n) is 7.34. The van der Waals surface area contributed by atoms with E-state index in [9.17, 15) is 0 Å². The molecular formula is C16H27N3. The van der Waals surface area contributed by atoms with Gasteiger partial charge in [0.2, 0.25) is 0 Å². The van der Waals surface area contributed by atoms with Crippen LogP contribution in [0.4, 0.5) is 5.69 Å². The maximum Gasteiger partial charge on any atom is 0.0398 e. The van der Waals surface area contributed by atoms with Crippen molar-refractivity contribution in [3.05, 3.63) is 29.3 Å². The summed E-state index contributed by atoms with van der Waals surface area (Å²) in [6.07, 6.45) is 2.48. The summed E-state index contributed by atoms with van der Waals surface area (Å²) in [6.45, 7) is 8.54. The molecule has 1 saturated heterocycles. The van der Waals surface area contributed by atoms with E-state index in [4.69, 9.17) is 5.73 Å². The second-order valence-corrected chi connectivity index (χ2v) is 5.76. The van der Waals surface area contributed by atoms with E-state index >= 15 is 0 Å². The third-order valence-corrected chi connectivity index (χ3v) is 4.29. The lowest BCUT2D eigenvalue weighted by atomic mass is 10.0. The predicted octanol–water partition coefficient (Wildman–Crippen LogP) is 2.16. The first kappa shape index (κ1) is 14.4. The summed E-state index contributed by atoms with van der Waals surface area (Å²) in [5.41, 5.74) is 9.73. The molecular weight excluding hydrogens is 234 g/mol. The van der Waals surface area contributed by atoms with E-state index in [1.807, 2.05) is 0 Å². The SMILES string of the molecule is Cc1ccc(C)c(N(C)C2CCN(CCN)CC2)c1. The predicted molar refractivity (Wildman–Crippen MR) is 82.8 cm³/mol. The van der Waals surface area contributed by atoms with Crippen LogP contribution in [0.1, 0.15) is 24.0 Å². The van der Waals surface area contributed by atoms with E-state index in [0.717, 1.165) is 13.1 Å². The van der Waals surface area contributed by atoms with Crippen LogP contribution in [-0.2, 0) is 0 Å². The van der Waals surface area contributed by atoms with Gasteiger partial charge in [0, 0.05) is 45.0 Å². The molecule has 1 aliphatic heterocycles. The number of hydrogen-bond acceptors (Lipinski definition) is 3. The molecule has 1 fully saturated rings. The molecule has 0 aliphatic carbocycles. The Labute approximate surface area is 117 Å². The van der Waals surface area contributed by atoms with Crippen molar-refractivity contribution >= 4 is 5.69 Å². The van der Waals surface area contributed by atoms with Gasteiger partial charge in [-0.2, -0.15) is 0 Å². The lowest BCUT2D eigenvalue weighted by Crippen LogP contribution is -2.45. The van der Waals surface area contributed by atoms with Crippen molar-refractivity contribution in [1.82, 2.24) is 4.90 Å². The van der Waals surface area contributed by atoms with Crippen molar-refractivity contribution in [1.29, 1.82) is 0 Å². The summed E-state index contributed by atoms with van der Waals surface area (Å²) < 4.78 is 0. The summed E-state index contributed by atoms with van der Waals surface area (Å²) in [4.78, 5) is 4.95. The van der Waals surface area contributed by atoms with E-state index in [1.165, 1.54) is 42.7 Å². The van der Waals surface area contributed by atoms with Gasteiger partial charge in [0.25, 0.3) is 0 Å². The van der Waals surface area contributed by atoms with Crippen LogP contribution in [0.25, 0.3) is 0 Å². The van der Waals surface area contributed by atoms with Gasteiger partial charge >= 0.3 is 0 Å². The fourth-order valence-corrected chi connectivity index (χ4v) is 3.01. The minimum atomic E-state index is 0.662. The molecule has 0 spiro atoms. The second-order valence-electron chi connectivity index (χ2n) is 5.76. The highest BCUT2D eigenvalue weighted by atomic mass is 15.2. The topological polar surface area (TPSA) is 32.5 Å². The zero-order valence-corrected chi connectivity index (χ0v) is 12.5. The summed E-state index contributed by atoms with van der Waals surface area (Å²) in [6, 6.07) is 7.39. The molecule has 0 saturated carbocycles. The van der Waals surface area contributed by atoms with Gasteiger partial charge in [-0.25, -0.2) is 0 Å². The smallest absolute Gasteiger partial charge is 0.0398 e. The first-order chi connectivity index (χ1) is 9.11. The molecule has 1 heterocycles. The molecule has 1 aromatic rings. The average Bonchev–Trinajstić information content (AvgIpc) is 2.42. The third-order valence-electron chi connectivity index (χ3n) is 4.29. The molecule has 0 unspecified atom stereocenters. The highest BCUT2D eigenvalue weighted by Crippen LogP contribution is 2.26. The fraction of sp³-hybridized carbons (Fsp3) is 0.625. The first-order valence-corrected chi connectivity index (χ1v) is 7.34. The standard InChI is InChI=1S/C16H27N3/c1-13-4-5-14(2)16(12-13)18(3)15-6-9-19(10-7-15)11-8-17/h4-5,12,15H,6-11,17H2,1-3H3. The van der Waals surface area contributed by atoms with E-state index in [2.05, 4.69) is 48.9 Å². The van der Waals surface area contributed by atoms with Gasteiger partial charge in [0.05, 0.1) is 0 Å². The van der Waals surface area contributed by atoms with E-state index in [-0.39, 0.29) is 0 Å².